The van der Waals surface area contributed by atoms with E-state index in [2.05, 4.69) is 5.10 Å². The molecule has 0 radical (unpaired) electrons. The Kier molecular flexibility index (Phi) is 2.69. The third kappa shape index (κ3) is 1.70. The molecule has 0 atom stereocenters. The summed E-state index contributed by atoms with van der Waals surface area (Å²) in [5.41, 5.74) is 6.58. The van der Waals surface area contributed by atoms with Gasteiger partial charge in [-0.3, -0.25) is 0 Å². The molecule has 1 heterocycles. The van der Waals surface area contributed by atoms with Crippen LogP contribution < -0.4 is 10.8 Å². The molecule has 1 aromatic carbocycles. The van der Waals surface area contributed by atoms with Gasteiger partial charge in [0, 0.05) is 10.9 Å². The predicted octanol–water partition coefficient (Wildman–Crippen LogP) is 2.14. The number of anilines is 1. The second-order valence-corrected chi connectivity index (χ2v) is 4.16. The van der Waals surface area contributed by atoms with Crippen LogP contribution in [0.3, 0.4) is 0 Å². The lowest BCUT2D eigenvalue weighted by Gasteiger charge is -2.12. The van der Waals surface area contributed by atoms with Crippen molar-refractivity contribution < 1.29 is 5.11 Å². The number of benzene rings is 1. The van der Waals surface area contributed by atoms with Gasteiger partial charge >= 0.3 is 0 Å². The van der Waals surface area contributed by atoms with Gasteiger partial charge in [0.15, 0.2) is 0 Å². The molecule has 0 fully saturated rings. The maximum absolute atomic E-state index is 11.7. The second-order valence-electron chi connectivity index (χ2n) is 3.31. The van der Waals surface area contributed by atoms with E-state index in [4.69, 9.17) is 28.9 Å². The van der Waals surface area contributed by atoms with Gasteiger partial charge in [-0.25, -0.2) is 4.68 Å². The highest BCUT2D eigenvalue weighted by atomic mass is 35.5. The summed E-state index contributed by atoms with van der Waals surface area (Å²) >= 11 is 11.8. The van der Waals surface area contributed by atoms with Crippen LogP contribution in [0.2, 0.25) is 10.0 Å². The number of halogens is 2. The van der Waals surface area contributed by atoms with E-state index in [0.717, 1.165) is 4.68 Å². The standard InChI is InChI=1S/C10H9Cl2N3O/c1-5-9(13)10(16)15(14-5)8-4-6(11)2-3-7(8)12/h2-4,16H,13H2,1H3/p-1. The maximum Gasteiger partial charge on any atom is 0.0840 e. The van der Waals surface area contributed by atoms with Crippen LogP contribution in [0.15, 0.2) is 18.2 Å². The molecule has 2 aromatic rings. The van der Waals surface area contributed by atoms with Crippen LogP contribution in [0.1, 0.15) is 5.69 Å². The van der Waals surface area contributed by atoms with Gasteiger partial charge in [-0.1, -0.05) is 23.2 Å². The van der Waals surface area contributed by atoms with Crippen LogP contribution in [0, 0.1) is 6.92 Å². The fourth-order valence-electron chi connectivity index (χ4n) is 1.33. The summed E-state index contributed by atoms with van der Waals surface area (Å²) < 4.78 is 1.15. The van der Waals surface area contributed by atoms with E-state index in [0.29, 0.717) is 21.4 Å². The summed E-state index contributed by atoms with van der Waals surface area (Å²) in [6, 6.07) is 4.81. The summed E-state index contributed by atoms with van der Waals surface area (Å²) in [5.74, 6) is -0.387. The van der Waals surface area contributed by atoms with Gasteiger partial charge in [-0.15, -0.1) is 0 Å². The molecule has 4 nitrogen and oxygen atoms in total. The molecule has 6 heteroatoms. The van der Waals surface area contributed by atoms with Crippen LogP contribution in [0.5, 0.6) is 5.88 Å². The van der Waals surface area contributed by atoms with Crippen molar-refractivity contribution in [2.24, 2.45) is 0 Å². The lowest BCUT2D eigenvalue weighted by atomic mass is 10.3. The number of nitrogen functional groups attached to an aromatic ring is 1. The van der Waals surface area contributed by atoms with Crippen molar-refractivity contribution in [2.45, 2.75) is 6.92 Å². The molecular weight excluding hydrogens is 249 g/mol. The van der Waals surface area contributed by atoms with E-state index in [1.165, 1.54) is 0 Å². The van der Waals surface area contributed by atoms with Crippen LogP contribution in [-0.4, -0.2) is 9.78 Å². The van der Waals surface area contributed by atoms with E-state index in [1.54, 1.807) is 25.1 Å². The number of nitrogens with zero attached hydrogens (tertiary/aromatic N) is 2. The van der Waals surface area contributed by atoms with Crippen molar-refractivity contribution in [1.82, 2.24) is 9.78 Å². The van der Waals surface area contributed by atoms with E-state index in [9.17, 15) is 5.11 Å². The molecule has 1 aromatic heterocycles. The highest BCUT2D eigenvalue weighted by Crippen LogP contribution is 2.29. The largest absolute Gasteiger partial charge is 0.857 e. The van der Waals surface area contributed by atoms with Crippen LogP contribution in [0.25, 0.3) is 5.69 Å². The summed E-state index contributed by atoms with van der Waals surface area (Å²) in [5, 5.41) is 16.6. The zero-order chi connectivity index (χ0) is 11.9. The molecule has 16 heavy (non-hydrogen) atoms. The highest BCUT2D eigenvalue weighted by Gasteiger charge is 2.09. The number of hydrogen-bond acceptors (Lipinski definition) is 3. The molecule has 0 spiro atoms. The lowest BCUT2D eigenvalue weighted by Crippen LogP contribution is -2.05. The first-order valence-corrected chi connectivity index (χ1v) is 5.24. The highest BCUT2D eigenvalue weighted by molar-refractivity contribution is 6.34. The average molecular weight is 257 g/mol. The quantitative estimate of drug-likeness (QED) is 0.850. The van der Waals surface area contributed by atoms with E-state index in [-0.39, 0.29) is 11.6 Å². The Labute approximate surface area is 102 Å². The molecule has 0 saturated carbocycles. The first-order chi connectivity index (χ1) is 7.50. The Hall–Kier alpha value is -1.39. The zero-order valence-electron chi connectivity index (χ0n) is 8.37. The molecule has 2 N–H and O–H groups in total. The van der Waals surface area contributed by atoms with E-state index >= 15 is 0 Å². The van der Waals surface area contributed by atoms with Gasteiger partial charge in [0.25, 0.3) is 0 Å². The first kappa shape index (κ1) is 11.1. The van der Waals surface area contributed by atoms with Crippen molar-refractivity contribution in [2.75, 3.05) is 5.73 Å². The lowest BCUT2D eigenvalue weighted by molar-refractivity contribution is -0.276. The smallest absolute Gasteiger partial charge is 0.0840 e. The minimum absolute atomic E-state index is 0.121. The van der Waals surface area contributed by atoms with E-state index in [1.807, 2.05) is 0 Å². The van der Waals surface area contributed by atoms with E-state index < -0.39 is 0 Å². The first-order valence-electron chi connectivity index (χ1n) is 4.48. The van der Waals surface area contributed by atoms with Gasteiger partial charge in [0.2, 0.25) is 0 Å². The summed E-state index contributed by atoms with van der Waals surface area (Å²) in [6.45, 7) is 1.66. The average Bonchev–Trinajstić information content (AvgIpc) is 2.50. The molecule has 0 aliphatic heterocycles. The molecule has 0 aliphatic rings. The van der Waals surface area contributed by atoms with Crippen LogP contribution >= 0.6 is 23.2 Å². The molecule has 84 valence electrons. The Morgan fingerprint density at radius 3 is 2.62 bits per heavy atom. The van der Waals surface area contributed by atoms with Crippen molar-refractivity contribution >= 4 is 28.9 Å². The van der Waals surface area contributed by atoms with Crippen LogP contribution in [0.4, 0.5) is 5.69 Å². The third-order valence-corrected chi connectivity index (χ3v) is 2.75. The van der Waals surface area contributed by atoms with Crippen molar-refractivity contribution in [3.8, 4) is 11.6 Å². The van der Waals surface area contributed by atoms with Gasteiger partial charge in [0.05, 0.1) is 22.1 Å². The minimum Gasteiger partial charge on any atom is -0.857 e. The number of rotatable bonds is 1. The molecule has 2 rings (SSSR count). The number of aryl methyl sites for hydroxylation is 1. The summed E-state index contributed by atoms with van der Waals surface area (Å²) in [7, 11) is 0. The molecule has 0 bridgehead atoms. The predicted molar refractivity (Wildman–Crippen MR) is 62.2 cm³/mol. The topological polar surface area (TPSA) is 66.9 Å². The SMILES string of the molecule is Cc1nn(-c2cc(Cl)ccc2Cl)c([O-])c1N. The molecular formula is C10H8Cl2N3O-. The van der Waals surface area contributed by atoms with Gasteiger partial charge in [0.1, 0.15) is 0 Å². The number of hydrogen-bond donors (Lipinski definition) is 1. The van der Waals surface area contributed by atoms with Gasteiger partial charge in [-0.2, -0.15) is 5.10 Å². The third-order valence-electron chi connectivity index (χ3n) is 2.20. The van der Waals surface area contributed by atoms with Crippen molar-refractivity contribution in [3.63, 3.8) is 0 Å². The number of aromatic nitrogens is 2. The zero-order valence-corrected chi connectivity index (χ0v) is 9.88. The Morgan fingerprint density at radius 2 is 2.06 bits per heavy atom. The molecule has 0 aliphatic carbocycles. The Bertz CT molecular complexity index is 551. The normalized spacial score (nSPS) is 10.7. The Balaban J connectivity index is 2.67. The Morgan fingerprint density at radius 1 is 1.38 bits per heavy atom. The molecule has 0 saturated heterocycles. The van der Waals surface area contributed by atoms with Crippen molar-refractivity contribution in [3.05, 3.63) is 33.9 Å². The monoisotopic (exact) mass is 256 g/mol. The molecule has 0 unspecified atom stereocenters. The van der Waals surface area contributed by atoms with Crippen molar-refractivity contribution in [1.29, 1.82) is 0 Å². The second kappa shape index (κ2) is 3.88. The fourth-order valence-corrected chi connectivity index (χ4v) is 1.69. The fraction of sp³-hybridized carbons (Fsp3) is 0.100. The van der Waals surface area contributed by atoms with Gasteiger partial charge in [-0.05, 0) is 25.1 Å². The summed E-state index contributed by atoms with van der Waals surface area (Å²) in [4.78, 5) is 0. The minimum atomic E-state index is -0.387. The molecule has 0 amide bonds. The van der Waals surface area contributed by atoms with Gasteiger partial charge < -0.3 is 10.8 Å². The number of nitrogens with two attached hydrogens (primary N) is 1. The maximum atomic E-state index is 11.7. The summed E-state index contributed by atoms with van der Waals surface area (Å²) in [6.07, 6.45) is 0. The van der Waals surface area contributed by atoms with Crippen LogP contribution in [-0.2, 0) is 0 Å².